The lowest BCUT2D eigenvalue weighted by molar-refractivity contribution is -0.145. The summed E-state index contributed by atoms with van der Waals surface area (Å²) in [4.78, 5) is 24.1. The van der Waals surface area contributed by atoms with Gasteiger partial charge in [0.2, 0.25) is 5.91 Å². The highest BCUT2D eigenvalue weighted by molar-refractivity contribution is 5.80. The third kappa shape index (κ3) is 2.70. The van der Waals surface area contributed by atoms with E-state index in [0.29, 0.717) is 6.42 Å². The van der Waals surface area contributed by atoms with Crippen LogP contribution in [0, 0.1) is 5.92 Å². The van der Waals surface area contributed by atoms with Crippen LogP contribution in [-0.4, -0.2) is 34.5 Å². The van der Waals surface area contributed by atoms with E-state index in [2.05, 4.69) is 0 Å². The number of carboxylic acid groups (broad SMARTS) is 1. The van der Waals surface area contributed by atoms with E-state index in [1.165, 1.54) is 0 Å². The first-order chi connectivity index (χ1) is 6.84. The Morgan fingerprint density at radius 1 is 1.60 bits per heavy atom. The summed E-state index contributed by atoms with van der Waals surface area (Å²) in [5.74, 6) is -0.832. The molecule has 1 amide bonds. The molecule has 0 radical (unpaired) electrons. The van der Waals surface area contributed by atoms with Crippen molar-refractivity contribution in [3.8, 4) is 0 Å². The van der Waals surface area contributed by atoms with Gasteiger partial charge in [-0.05, 0) is 33.1 Å². The Bertz CT molecular complexity index is 273. The number of likely N-dealkylation sites (tertiary alicyclic amines) is 1. The first-order valence-corrected chi connectivity index (χ1v) is 5.34. The van der Waals surface area contributed by atoms with E-state index in [4.69, 9.17) is 5.11 Å². The number of nitrogens with zero attached hydrogens (tertiary/aromatic N) is 1. The highest BCUT2D eigenvalue weighted by Crippen LogP contribution is 2.32. The third-order valence-corrected chi connectivity index (χ3v) is 3.40. The van der Waals surface area contributed by atoms with Gasteiger partial charge in [-0.25, -0.2) is 0 Å². The number of aliphatic carboxylic acids is 1. The molecule has 1 rings (SSSR count). The number of hydrogen-bond donors (Lipinski definition) is 1. The second-order valence-corrected chi connectivity index (χ2v) is 4.88. The zero-order chi connectivity index (χ0) is 11.6. The standard InChI is InChI=1S/C11H19NO3/c1-11(2)7-6-8(4-5-9(13)14)10(15)12(11)3/h8H,4-7H2,1-3H3,(H,13,14). The zero-order valence-corrected chi connectivity index (χ0v) is 9.62. The van der Waals surface area contributed by atoms with Crippen molar-refractivity contribution in [2.45, 2.75) is 45.1 Å². The molecule has 1 atom stereocenters. The van der Waals surface area contributed by atoms with E-state index in [9.17, 15) is 9.59 Å². The quantitative estimate of drug-likeness (QED) is 0.772. The molecule has 1 saturated heterocycles. The molecule has 1 fully saturated rings. The minimum Gasteiger partial charge on any atom is -0.481 e. The number of rotatable bonds is 3. The number of hydrogen-bond acceptors (Lipinski definition) is 2. The normalized spacial score (nSPS) is 25.4. The fourth-order valence-electron chi connectivity index (χ4n) is 1.96. The van der Waals surface area contributed by atoms with Crippen LogP contribution >= 0.6 is 0 Å². The average molecular weight is 213 g/mol. The molecule has 0 spiro atoms. The van der Waals surface area contributed by atoms with Crippen LogP contribution in [0.3, 0.4) is 0 Å². The summed E-state index contributed by atoms with van der Waals surface area (Å²) in [6.45, 7) is 4.08. The summed E-state index contributed by atoms with van der Waals surface area (Å²) in [6, 6.07) is 0. The largest absolute Gasteiger partial charge is 0.481 e. The molecule has 1 aliphatic heterocycles. The molecule has 4 nitrogen and oxygen atoms in total. The minimum atomic E-state index is -0.824. The van der Waals surface area contributed by atoms with Crippen molar-refractivity contribution in [3.05, 3.63) is 0 Å². The van der Waals surface area contributed by atoms with Crippen LogP contribution in [-0.2, 0) is 9.59 Å². The van der Waals surface area contributed by atoms with Crippen molar-refractivity contribution in [2.24, 2.45) is 5.92 Å². The topological polar surface area (TPSA) is 57.6 Å². The van der Waals surface area contributed by atoms with E-state index in [-0.39, 0.29) is 23.8 Å². The van der Waals surface area contributed by atoms with Crippen LogP contribution in [0.2, 0.25) is 0 Å². The number of piperidine rings is 1. The van der Waals surface area contributed by atoms with Crippen molar-refractivity contribution in [2.75, 3.05) is 7.05 Å². The van der Waals surface area contributed by atoms with E-state index < -0.39 is 5.97 Å². The van der Waals surface area contributed by atoms with E-state index in [1.54, 1.807) is 11.9 Å². The van der Waals surface area contributed by atoms with Gasteiger partial charge in [-0.2, -0.15) is 0 Å². The molecule has 15 heavy (non-hydrogen) atoms. The van der Waals surface area contributed by atoms with Gasteiger partial charge in [0.1, 0.15) is 0 Å². The molecular weight excluding hydrogens is 194 g/mol. The van der Waals surface area contributed by atoms with Gasteiger partial charge in [0, 0.05) is 24.9 Å². The maximum Gasteiger partial charge on any atom is 0.303 e. The molecule has 0 aromatic heterocycles. The molecule has 1 heterocycles. The number of carbonyl (C=O) groups excluding carboxylic acids is 1. The lowest BCUT2D eigenvalue weighted by Gasteiger charge is -2.43. The summed E-state index contributed by atoms with van der Waals surface area (Å²) >= 11 is 0. The lowest BCUT2D eigenvalue weighted by Crippen LogP contribution is -2.51. The minimum absolute atomic E-state index is 0.0865. The number of amides is 1. The van der Waals surface area contributed by atoms with E-state index in [1.807, 2.05) is 13.8 Å². The highest BCUT2D eigenvalue weighted by Gasteiger charge is 2.37. The second kappa shape index (κ2) is 4.21. The molecule has 0 aromatic rings. The van der Waals surface area contributed by atoms with Gasteiger partial charge in [-0.3, -0.25) is 9.59 Å². The Labute approximate surface area is 90.3 Å². The molecule has 1 N–H and O–H groups in total. The van der Waals surface area contributed by atoms with Crippen LogP contribution in [0.4, 0.5) is 0 Å². The van der Waals surface area contributed by atoms with Gasteiger partial charge < -0.3 is 10.0 Å². The average Bonchev–Trinajstić information content (AvgIpc) is 2.13. The van der Waals surface area contributed by atoms with Crippen molar-refractivity contribution >= 4 is 11.9 Å². The lowest BCUT2D eigenvalue weighted by atomic mass is 9.83. The van der Waals surface area contributed by atoms with Crippen LogP contribution in [0.25, 0.3) is 0 Å². The van der Waals surface area contributed by atoms with Crippen LogP contribution < -0.4 is 0 Å². The highest BCUT2D eigenvalue weighted by atomic mass is 16.4. The summed E-state index contributed by atoms with van der Waals surface area (Å²) in [7, 11) is 1.80. The predicted octanol–water partition coefficient (Wildman–Crippen LogP) is 1.50. The van der Waals surface area contributed by atoms with Gasteiger partial charge in [-0.1, -0.05) is 0 Å². The number of carbonyl (C=O) groups is 2. The van der Waals surface area contributed by atoms with Gasteiger partial charge in [0.15, 0.2) is 0 Å². The Hall–Kier alpha value is -1.06. The van der Waals surface area contributed by atoms with Gasteiger partial charge in [0.25, 0.3) is 0 Å². The first kappa shape index (κ1) is 12.0. The van der Waals surface area contributed by atoms with Gasteiger partial charge >= 0.3 is 5.97 Å². The Balaban J connectivity index is 2.57. The molecule has 0 bridgehead atoms. The Kier molecular flexibility index (Phi) is 3.37. The summed E-state index contributed by atoms with van der Waals surface area (Å²) < 4.78 is 0. The van der Waals surface area contributed by atoms with E-state index >= 15 is 0 Å². The zero-order valence-electron chi connectivity index (χ0n) is 9.62. The molecular formula is C11H19NO3. The van der Waals surface area contributed by atoms with E-state index in [0.717, 1.165) is 12.8 Å². The van der Waals surface area contributed by atoms with Gasteiger partial charge in [-0.15, -0.1) is 0 Å². The maximum absolute atomic E-state index is 11.9. The summed E-state index contributed by atoms with van der Waals surface area (Å²) in [5.41, 5.74) is -0.0865. The van der Waals surface area contributed by atoms with Crippen LogP contribution in [0.5, 0.6) is 0 Å². The maximum atomic E-state index is 11.9. The van der Waals surface area contributed by atoms with Crippen LogP contribution in [0.15, 0.2) is 0 Å². The van der Waals surface area contributed by atoms with Crippen molar-refractivity contribution in [3.63, 3.8) is 0 Å². The monoisotopic (exact) mass is 213 g/mol. The molecule has 0 aliphatic carbocycles. The molecule has 4 heteroatoms. The number of carboxylic acids is 1. The smallest absolute Gasteiger partial charge is 0.303 e. The van der Waals surface area contributed by atoms with Crippen molar-refractivity contribution < 1.29 is 14.7 Å². The predicted molar refractivity (Wildman–Crippen MR) is 56.4 cm³/mol. The van der Waals surface area contributed by atoms with Crippen molar-refractivity contribution in [1.82, 2.24) is 4.90 Å². The molecule has 86 valence electrons. The molecule has 1 aliphatic rings. The molecule has 1 unspecified atom stereocenters. The Morgan fingerprint density at radius 3 is 2.73 bits per heavy atom. The summed E-state index contributed by atoms with van der Waals surface area (Å²) in [6.07, 6.45) is 2.31. The Morgan fingerprint density at radius 2 is 2.20 bits per heavy atom. The van der Waals surface area contributed by atoms with Crippen molar-refractivity contribution in [1.29, 1.82) is 0 Å². The fraction of sp³-hybridized carbons (Fsp3) is 0.818. The van der Waals surface area contributed by atoms with Gasteiger partial charge in [0.05, 0.1) is 0 Å². The SMILES string of the molecule is CN1C(=O)C(CCC(=O)O)CCC1(C)C. The fourth-order valence-corrected chi connectivity index (χ4v) is 1.96. The second-order valence-electron chi connectivity index (χ2n) is 4.88. The summed E-state index contributed by atoms with van der Waals surface area (Å²) in [5, 5.41) is 8.57. The first-order valence-electron chi connectivity index (χ1n) is 5.34. The van der Waals surface area contributed by atoms with Crippen LogP contribution in [0.1, 0.15) is 39.5 Å². The third-order valence-electron chi connectivity index (χ3n) is 3.40. The molecule has 0 aromatic carbocycles. The molecule has 0 saturated carbocycles.